The van der Waals surface area contributed by atoms with Crippen LogP contribution in [0.1, 0.15) is 12.0 Å². The second-order valence-corrected chi connectivity index (χ2v) is 5.41. The highest BCUT2D eigenvalue weighted by Gasteiger charge is 2.60. The van der Waals surface area contributed by atoms with Crippen molar-refractivity contribution in [2.45, 2.75) is 18.1 Å². The molecule has 0 aromatic carbocycles. The number of amidine groups is 1. The van der Waals surface area contributed by atoms with Gasteiger partial charge in [-0.2, -0.15) is 4.39 Å². The molecule has 0 spiro atoms. The van der Waals surface area contributed by atoms with E-state index >= 15 is 0 Å². The van der Waals surface area contributed by atoms with Crippen molar-refractivity contribution in [2.24, 2.45) is 16.6 Å². The summed E-state index contributed by atoms with van der Waals surface area (Å²) in [4.78, 5) is 7.62. The summed E-state index contributed by atoms with van der Waals surface area (Å²) in [6.45, 7) is -0.826. The Kier molecular flexibility index (Phi) is 2.55. The van der Waals surface area contributed by atoms with Gasteiger partial charge in [-0.25, -0.2) is 14.4 Å². The van der Waals surface area contributed by atoms with Crippen LogP contribution in [0, 0.1) is 11.9 Å². The van der Waals surface area contributed by atoms with E-state index in [1.165, 1.54) is 12.3 Å². The number of halogens is 3. The maximum absolute atomic E-state index is 13.9. The predicted octanol–water partition coefficient (Wildman–Crippen LogP) is 1.88. The first-order valence-corrected chi connectivity index (χ1v) is 6.25. The molecule has 1 aliphatic heterocycles. The van der Waals surface area contributed by atoms with Crippen LogP contribution >= 0.6 is 15.9 Å². The first kappa shape index (κ1) is 11.8. The van der Waals surface area contributed by atoms with Crippen LogP contribution in [0.15, 0.2) is 21.7 Å². The van der Waals surface area contributed by atoms with Gasteiger partial charge in [-0.15, -0.1) is 0 Å². The largest absolute Gasteiger partial charge is 0.462 e. The number of hydrogen-bond donors (Lipinski definition) is 1. The van der Waals surface area contributed by atoms with Crippen molar-refractivity contribution in [1.82, 2.24) is 4.98 Å². The monoisotopic (exact) mass is 317 g/mol. The van der Waals surface area contributed by atoms with Crippen molar-refractivity contribution in [2.75, 3.05) is 6.67 Å². The zero-order chi connectivity index (χ0) is 12.9. The Balaban J connectivity index is 2.16. The summed E-state index contributed by atoms with van der Waals surface area (Å²) in [6.07, 6.45) is 1.78. The number of hydrogen-bond acceptors (Lipinski definition) is 4. The molecule has 7 heteroatoms. The molecule has 1 saturated carbocycles. The van der Waals surface area contributed by atoms with E-state index in [4.69, 9.17) is 10.5 Å². The third kappa shape index (κ3) is 1.60. The summed E-state index contributed by atoms with van der Waals surface area (Å²) in [7, 11) is 0. The predicted molar refractivity (Wildman–Crippen MR) is 64.2 cm³/mol. The lowest BCUT2D eigenvalue weighted by Gasteiger charge is -2.30. The van der Waals surface area contributed by atoms with Gasteiger partial charge in [0.2, 0.25) is 5.95 Å². The van der Waals surface area contributed by atoms with E-state index in [-0.39, 0.29) is 23.6 Å². The van der Waals surface area contributed by atoms with Crippen molar-refractivity contribution in [3.8, 4) is 0 Å². The molecule has 1 aliphatic carbocycles. The lowest BCUT2D eigenvalue weighted by atomic mass is 9.87. The smallest absolute Gasteiger partial charge is 0.283 e. The molecule has 3 rings (SSSR count). The summed E-state index contributed by atoms with van der Waals surface area (Å²) in [5.41, 5.74) is 4.36. The molecule has 1 aromatic rings. The van der Waals surface area contributed by atoms with E-state index in [0.29, 0.717) is 10.9 Å². The SMILES string of the molecule is NC1=N[C@](CF)(c2cc(Br)cnc2F)[C@H]2C[C@H]2O1. The molecule has 1 aromatic heterocycles. The Labute approximate surface area is 110 Å². The van der Waals surface area contributed by atoms with Gasteiger partial charge in [0.1, 0.15) is 18.3 Å². The second-order valence-electron chi connectivity index (χ2n) is 4.50. The number of rotatable bonds is 2. The molecule has 0 radical (unpaired) electrons. The topological polar surface area (TPSA) is 60.5 Å². The number of nitrogens with two attached hydrogens (primary N) is 1. The molecule has 0 saturated heterocycles. The van der Waals surface area contributed by atoms with E-state index in [1.807, 2.05) is 0 Å². The van der Waals surface area contributed by atoms with Gasteiger partial charge in [0.05, 0.1) is 0 Å². The van der Waals surface area contributed by atoms with Crippen molar-refractivity contribution < 1.29 is 13.5 Å². The molecule has 2 aliphatic rings. The standard InChI is InChI=1S/C11H10BrF2N3O/c12-5-1-7(9(14)16-3-5)11(4-13)6-2-8(6)18-10(15)17-11/h1,3,6,8H,2,4H2,(H2,15,17)/t6-,8+,11-/m0/s1. The maximum atomic E-state index is 13.9. The number of pyridine rings is 1. The number of nitrogens with zero attached hydrogens (tertiary/aromatic N) is 2. The molecular formula is C11H10BrF2N3O. The van der Waals surface area contributed by atoms with Crippen LogP contribution in [0.3, 0.4) is 0 Å². The van der Waals surface area contributed by atoms with E-state index < -0.39 is 18.2 Å². The molecule has 2 heterocycles. The Bertz CT molecular complexity index is 539. The average Bonchev–Trinajstić information content (AvgIpc) is 3.10. The quantitative estimate of drug-likeness (QED) is 0.847. The average molecular weight is 318 g/mol. The van der Waals surface area contributed by atoms with E-state index in [9.17, 15) is 8.78 Å². The van der Waals surface area contributed by atoms with Crippen LogP contribution in [0.25, 0.3) is 0 Å². The van der Waals surface area contributed by atoms with E-state index in [2.05, 4.69) is 25.9 Å². The van der Waals surface area contributed by atoms with Gasteiger partial charge in [0, 0.05) is 22.2 Å². The molecule has 0 amide bonds. The Hall–Kier alpha value is -1.24. The van der Waals surface area contributed by atoms with Crippen LogP contribution in [-0.2, 0) is 10.3 Å². The fourth-order valence-corrected chi connectivity index (χ4v) is 2.78. The highest BCUT2D eigenvalue weighted by Crippen LogP contribution is 2.53. The van der Waals surface area contributed by atoms with Crippen molar-refractivity contribution in [3.05, 3.63) is 28.2 Å². The molecule has 4 nitrogen and oxygen atoms in total. The Morgan fingerprint density at radius 1 is 1.61 bits per heavy atom. The van der Waals surface area contributed by atoms with Crippen molar-refractivity contribution >= 4 is 22.0 Å². The highest BCUT2D eigenvalue weighted by atomic mass is 79.9. The number of aromatic nitrogens is 1. The number of ether oxygens (including phenoxy) is 1. The summed E-state index contributed by atoms with van der Waals surface area (Å²) < 4.78 is 33.2. The zero-order valence-electron chi connectivity index (χ0n) is 9.24. The Morgan fingerprint density at radius 3 is 3.11 bits per heavy atom. The number of alkyl halides is 1. The van der Waals surface area contributed by atoms with Gasteiger partial charge in [-0.05, 0) is 28.4 Å². The lowest BCUT2D eigenvalue weighted by molar-refractivity contribution is 0.167. The van der Waals surface area contributed by atoms with Crippen LogP contribution in [0.4, 0.5) is 8.78 Å². The van der Waals surface area contributed by atoms with Crippen LogP contribution in [0.2, 0.25) is 0 Å². The van der Waals surface area contributed by atoms with Gasteiger partial charge in [-0.3, -0.25) is 0 Å². The summed E-state index contributed by atoms with van der Waals surface area (Å²) in [5.74, 6) is -0.902. The molecule has 0 bridgehead atoms. The van der Waals surface area contributed by atoms with Gasteiger partial charge in [-0.1, -0.05) is 0 Å². The normalized spacial score (nSPS) is 33.4. The Morgan fingerprint density at radius 2 is 2.39 bits per heavy atom. The van der Waals surface area contributed by atoms with Crippen LogP contribution in [-0.4, -0.2) is 23.8 Å². The van der Waals surface area contributed by atoms with E-state index in [0.717, 1.165) is 0 Å². The van der Waals surface area contributed by atoms with Gasteiger partial charge in [0.15, 0.2) is 0 Å². The van der Waals surface area contributed by atoms with Gasteiger partial charge < -0.3 is 10.5 Å². The second kappa shape index (κ2) is 3.88. The fourth-order valence-electron chi connectivity index (χ4n) is 2.45. The molecule has 0 unspecified atom stereocenters. The minimum absolute atomic E-state index is 0.0919. The summed E-state index contributed by atoms with van der Waals surface area (Å²) >= 11 is 3.20. The molecular weight excluding hydrogens is 308 g/mol. The van der Waals surface area contributed by atoms with Gasteiger partial charge in [0.25, 0.3) is 6.02 Å². The fraction of sp³-hybridized carbons (Fsp3) is 0.455. The molecule has 1 fully saturated rings. The number of fused-ring (bicyclic) bond motifs is 1. The lowest BCUT2D eigenvalue weighted by Crippen LogP contribution is -2.40. The summed E-state index contributed by atoms with van der Waals surface area (Å²) in [5, 5.41) is 0. The zero-order valence-corrected chi connectivity index (χ0v) is 10.8. The third-order valence-corrected chi connectivity index (χ3v) is 3.84. The minimum Gasteiger partial charge on any atom is -0.462 e. The van der Waals surface area contributed by atoms with Crippen molar-refractivity contribution in [1.29, 1.82) is 0 Å². The molecule has 3 atom stereocenters. The van der Waals surface area contributed by atoms with Gasteiger partial charge >= 0.3 is 0 Å². The van der Waals surface area contributed by atoms with Crippen LogP contribution < -0.4 is 5.73 Å². The van der Waals surface area contributed by atoms with Crippen molar-refractivity contribution in [3.63, 3.8) is 0 Å². The first-order chi connectivity index (χ1) is 8.56. The van der Waals surface area contributed by atoms with E-state index in [1.54, 1.807) is 0 Å². The molecule has 2 N–H and O–H groups in total. The maximum Gasteiger partial charge on any atom is 0.283 e. The molecule has 18 heavy (non-hydrogen) atoms. The number of aliphatic imine (C=N–C) groups is 1. The van der Waals surface area contributed by atoms with Crippen LogP contribution in [0.5, 0.6) is 0 Å². The third-order valence-electron chi connectivity index (χ3n) is 3.40. The first-order valence-electron chi connectivity index (χ1n) is 5.46. The molecule has 96 valence electrons. The minimum atomic E-state index is -1.30. The highest BCUT2D eigenvalue weighted by molar-refractivity contribution is 9.10. The summed E-state index contributed by atoms with van der Waals surface area (Å²) in [6, 6.07) is 1.41.